The van der Waals surface area contributed by atoms with Crippen LogP contribution in [-0.4, -0.2) is 56.6 Å². The monoisotopic (exact) mass is 429 g/mol. The SMILES string of the molecule is COCc1cc(N2CCN(CC(=O)Nc3ccc4c(c3)OC(=O)C4)CC2)ccc1Cl. The van der Waals surface area contributed by atoms with E-state index in [0.29, 0.717) is 29.6 Å². The van der Waals surface area contributed by atoms with Crippen LogP contribution in [0.2, 0.25) is 5.02 Å². The van der Waals surface area contributed by atoms with Crippen molar-refractivity contribution in [1.82, 2.24) is 4.90 Å². The molecular formula is C22H24ClN3O4. The van der Waals surface area contributed by atoms with Crippen LogP contribution < -0.4 is 15.0 Å². The van der Waals surface area contributed by atoms with Crippen LogP contribution in [0.1, 0.15) is 11.1 Å². The van der Waals surface area contributed by atoms with E-state index >= 15 is 0 Å². The van der Waals surface area contributed by atoms with Gasteiger partial charge >= 0.3 is 5.97 Å². The first-order chi connectivity index (χ1) is 14.5. The molecule has 1 N–H and O–H groups in total. The number of rotatable bonds is 6. The largest absolute Gasteiger partial charge is 0.426 e. The maximum Gasteiger partial charge on any atom is 0.315 e. The molecule has 1 saturated heterocycles. The van der Waals surface area contributed by atoms with E-state index in [2.05, 4.69) is 21.2 Å². The number of nitrogens with one attached hydrogen (secondary N) is 1. The van der Waals surface area contributed by atoms with Crippen LogP contribution in [0.15, 0.2) is 36.4 Å². The molecule has 2 heterocycles. The van der Waals surface area contributed by atoms with Gasteiger partial charge in [0.1, 0.15) is 5.75 Å². The lowest BCUT2D eigenvalue weighted by Crippen LogP contribution is -2.48. The summed E-state index contributed by atoms with van der Waals surface area (Å²) >= 11 is 6.22. The molecule has 0 saturated carbocycles. The lowest BCUT2D eigenvalue weighted by molar-refractivity contribution is -0.131. The molecule has 0 atom stereocenters. The maximum absolute atomic E-state index is 12.4. The first-order valence-corrected chi connectivity index (χ1v) is 10.3. The van der Waals surface area contributed by atoms with Crippen LogP contribution in [0.5, 0.6) is 5.75 Å². The summed E-state index contributed by atoms with van der Waals surface area (Å²) in [5, 5.41) is 3.60. The fourth-order valence-electron chi connectivity index (χ4n) is 3.78. The molecule has 0 unspecified atom stereocenters. The highest BCUT2D eigenvalue weighted by Crippen LogP contribution is 2.29. The number of benzene rings is 2. The summed E-state index contributed by atoms with van der Waals surface area (Å²) in [6.45, 7) is 4.04. The van der Waals surface area contributed by atoms with Gasteiger partial charge < -0.3 is 19.7 Å². The smallest absolute Gasteiger partial charge is 0.315 e. The van der Waals surface area contributed by atoms with Crippen molar-refractivity contribution < 1.29 is 19.1 Å². The molecule has 0 bridgehead atoms. The van der Waals surface area contributed by atoms with Gasteiger partial charge in [0.25, 0.3) is 0 Å². The number of piperazine rings is 1. The molecule has 2 aromatic rings. The molecular weight excluding hydrogens is 406 g/mol. The Kier molecular flexibility index (Phi) is 6.22. The minimum atomic E-state index is -0.263. The van der Waals surface area contributed by atoms with Gasteiger partial charge in [-0.2, -0.15) is 0 Å². The summed E-state index contributed by atoms with van der Waals surface area (Å²) < 4.78 is 10.4. The normalized spacial score (nSPS) is 16.3. The van der Waals surface area contributed by atoms with Gasteiger partial charge in [-0.05, 0) is 29.8 Å². The minimum Gasteiger partial charge on any atom is -0.426 e. The van der Waals surface area contributed by atoms with Crippen LogP contribution in [0.3, 0.4) is 0 Å². The summed E-state index contributed by atoms with van der Waals surface area (Å²) in [5.41, 5.74) is 3.57. The van der Waals surface area contributed by atoms with Gasteiger partial charge in [-0.1, -0.05) is 17.7 Å². The highest BCUT2D eigenvalue weighted by molar-refractivity contribution is 6.31. The fourth-order valence-corrected chi connectivity index (χ4v) is 3.95. The summed E-state index contributed by atoms with van der Waals surface area (Å²) in [6, 6.07) is 11.3. The number of anilines is 2. The van der Waals surface area contributed by atoms with E-state index in [9.17, 15) is 9.59 Å². The average molecular weight is 430 g/mol. The summed E-state index contributed by atoms with van der Waals surface area (Å²) in [4.78, 5) is 28.2. The number of carbonyl (C=O) groups excluding carboxylic acids is 2. The highest BCUT2D eigenvalue weighted by Gasteiger charge is 2.22. The van der Waals surface area contributed by atoms with Crippen LogP contribution in [0.4, 0.5) is 11.4 Å². The molecule has 2 aromatic carbocycles. The van der Waals surface area contributed by atoms with E-state index in [1.807, 2.05) is 18.2 Å². The molecule has 158 valence electrons. The van der Waals surface area contributed by atoms with Crippen molar-refractivity contribution in [2.45, 2.75) is 13.0 Å². The molecule has 0 spiro atoms. The van der Waals surface area contributed by atoms with Gasteiger partial charge in [-0.3, -0.25) is 14.5 Å². The van der Waals surface area contributed by atoms with Gasteiger partial charge in [-0.15, -0.1) is 0 Å². The second kappa shape index (κ2) is 9.04. The second-order valence-corrected chi connectivity index (χ2v) is 7.90. The van der Waals surface area contributed by atoms with E-state index < -0.39 is 0 Å². The van der Waals surface area contributed by atoms with E-state index in [0.717, 1.165) is 43.0 Å². The number of ether oxygens (including phenoxy) is 2. The predicted molar refractivity (Wildman–Crippen MR) is 115 cm³/mol. The van der Waals surface area contributed by atoms with Gasteiger partial charge in [0, 0.05) is 61.3 Å². The quantitative estimate of drug-likeness (QED) is 0.562. The van der Waals surface area contributed by atoms with E-state index in [1.54, 1.807) is 19.2 Å². The van der Waals surface area contributed by atoms with Crippen LogP contribution in [0, 0.1) is 0 Å². The number of nitrogens with zero attached hydrogens (tertiary/aromatic N) is 2. The van der Waals surface area contributed by atoms with Gasteiger partial charge in [0.2, 0.25) is 5.91 Å². The van der Waals surface area contributed by atoms with E-state index in [1.165, 1.54) is 0 Å². The third kappa shape index (κ3) is 4.75. The topological polar surface area (TPSA) is 71.1 Å². The fraction of sp³-hybridized carbons (Fsp3) is 0.364. The Bertz CT molecular complexity index is 957. The summed E-state index contributed by atoms with van der Waals surface area (Å²) in [7, 11) is 1.65. The molecule has 1 amide bonds. The van der Waals surface area contributed by atoms with Crippen LogP contribution in [0.25, 0.3) is 0 Å². The van der Waals surface area contributed by atoms with Gasteiger partial charge in [-0.25, -0.2) is 0 Å². The number of methoxy groups -OCH3 is 1. The van der Waals surface area contributed by atoms with Crippen molar-refractivity contribution >= 4 is 34.9 Å². The lowest BCUT2D eigenvalue weighted by atomic mass is 10.1. The molecule has 8 heteroatoms. The van der Waals surface area contributed by atoms with Crippen LogP contribution in [-0.2, 0) is 27.4 Å². The van der Waals surface area contributed by atoms with Crippen molar-refractivity contribution in [3.8, 4) is 5.75 Å². The molecule has 30 heavy (non-hydrogen) atoms. The number of esters is 1. The average Bonchev–Trinajstić information content (AvgIpc) is 3.10. The van der Waals surface area contributed by atoms with Gasteiger partial charge in [0.05, 0.1) is 19.6 Å². The Morgan fingerprint density at radius 1 is 1.17 bits per heavy atom. The number of hydrogen-bond donors (Lipinski definition) is 1. The number of fused-ring (bicyclic) bond motifs is 1. The third-order valence-electron chi connectivity index (χ3n) is 5.34. The van der Waals surface area contributed by atoms with Crippen LogP contribution >= 0.6 is 11.6 Å². The Morgan fingerprint density at radius 2 is 1.97 bits per heavy atom. The Labute approximate surface area is 180 Å². The van der Waals surface area contributed by atoms with Crippen molar-refractivity contribution in [2.75, 3.05) is 50.1 Å². The molecule has 0 radical (unpaired) electrons. The molecule has 2 aliphatic heterocycles. The van der Waals surface area contributed by atoms with Gasteiger partial charge in [0.15, 0.2) is 0 Å². The number of halogens is 1. The minimum absolute atomic E-state index is 0.0819. The molecule has 1 fully saturated rings. The standard InChI is InChI=1S/C22H24ClN3O4/c1-29-14-16-10-18(4-5-19(16)23)26-8-6-25(7-9-26)13-21(27)24-17-3-2-15-11-22(28)30-20(15)12-17/h2-5,10,12H,6-9,11,13-14H2,1H3,(H,24,27). The molecule has 7 nitrogen and oxygen atoms in total. The number of hydrogen-bond acceptors (Lipinski definition) is 6. The Balaban J connectivity index is 1.29. The first-order valence-electron chi connectivity index (χ1n) is 9.90. The summed E-state index contributed by atoms with van der Waals surface area (Å²) in [5.74, 6) is 0.185. The number of carbonyl (C=O) groups is 2. The molecule has 0 aromatic heterocycles. The lowest BCUT2D eigenvalue weighted by Gasteiger charge is -2.36. The molecule has 2 aliphatic rings. The van der Waals surface area contributed by atoms with Crippen molar-refractivity contribution in [3.05, 3.63) is 52.5 Å². The summed E-state index contributed by atoms with van der Waals surface area (Å²) in [6.07, 6.45) is 0.286. The highest BCUT2D eigenvalue weighted by atomic mass is 35.5. The zero-order valence-corrected chi connectivity index (χ0v) is 17.6. The molecule has 0 aliphatic carbocycles. The number of amides is 1. The third-order valence-corrected chi connectivity index (χ3v) is 5.71. The van der Waals surface area contributed by atoms with Crippen molar-refractivity contribution in [3.63, 3.8) is 0 Å². The predicted octanol–water partition coefficient (Wildman–Crippen LogP) is 2.71. The zero-order chi connectivity index (χ0) is 21.1. The zero-order valence-electron chi connectivity index (χ0n) is 16.8. The first kappa shape index (κ1) is 20.7. The molecule has 4 rings (SSSR count). The van der Waals surface area contributed by atoms with E-state index in [-0.39, 0.29) is 18.3 Å². The van der Waals surface area contributed by atoms with Crippen molar-refractivity contribution in [1.29, 1.82) is 0 Å². The Morgan fingerprint density at radius 3 is 2.73 bits per heavy atom. The van der Waals surface area contributed by atoms with Crippen molar-refractivity contribution in [2.24, 2.45) is 0 Å². The second-order valence-electron chi connectivity index (χ2n) is 7.49. The maximum atomic E-state index is 12.4. The van der Waals surface area contributed by atoms with E-state index in [4.69, 9.17) is 21.1 Å². The Hall–Kier alpha value is -2.61.